The maximum Gasteiger partial charge on any atom is 0.324 e. The normalized spacial score (nSPS) is 14.3. The van der Waals surface area contributed by atoms with Gasteiger partial charge in [-0.25, -0.2) is 4.98 Å². The average molecular weight is 293 g/mol. The summed E-state index contributed by atoms with van der Waals surface area (Å²) in [6.07, 6.45) is 0. The molecule has 0 aliphatic carbocycles. The van der Waals surface area contributed by atoms with E-state index in [0.717, 1.165) is 16.2 Å². The maximum absolute atomic E-state index is 11.3. The number of rotatable bonds is 6. The Labute approximate surface area is 122 Å². The number of aliphatic carboxylic acids is 1. The predicted molar refractivity (Wildman–Crippen MR) is 81.3 cm³/mol. The van der Waals surface area contributed by atoms with Gasteiger partial charge in [0.05, 0.1) is 11.0 Å². The van der Waals surface area contributed by atoms with Gasteiger partial charge in [-0.1, -0.05) is 24.8 Å². The Bertz CT molecular complexity index is 626. The van der Waals surface area contributed by atoms with Gasteiger partial charge in [-0.05, 0) is 38.1 Å². The Kier molecular flexibility index (Phi) is 4.35. The number of carboxylic acids is 1. The highest BCUT2D eigenvalue weighted by atomic mass is 32.2. The molecule has 0 saturated heterocycles. The van der Waals surface area contributed by atoms with Gasteiger partial charge < -0.3 is 15.4 Å². The number of carbonyl (C=O) groups is 1. The Hall–Kier alpha value is -1.53. The van der Waals surface area contributed by atoms with Crippen molar-refractivity contribution >= 4 is 28.8 Å². The van der Waals surface area contributed by atoms with Gasteiger partial charge in [0.25, 0.3) is 0 Å². The average Bonchev–Trinajstić information content (AvgIpc) is 2.78. The number of aryl methyl sites for hydroxylation is 1. The molecule has 3 N–H and O–H groups in total. The molecule has 1 aromatic carbocycles. The number of carboxylic acid groups (broad SMARTS) is 1. The van der Waals surface area contributed by atoms with Gasteiger partial charge in [0, 0.05) is 5.75 Å². The number of hydrogen-bond donors (Lipinski definition) is 3. The van der Waals surface area contributed by atoms with Crippen molar-refractivity contribution in [2.75, 3.05) is 12.3 Å². The molecule has 6 heteroatoms. The maximum atomic E-state index is 11.3. The van der Waals surface area contributed by atoms with Crippen LogP contribution in [0.2, 0.25) is 0 Å². The molecule has 0 radical (unpaired) electrons. The van der Waals surface area contributed by atoms with Crippen LogP contribution < -0.4 is 5.32 Å². The van der Waals surface area contributed by atoms with Gasteiger partial charge in [-0.3, -0.25) is 4.79 Å². The van der Waals surface area contributed by atoms with Crippen molar-refractivity contribution in [3.8, 4) is 0 Å². The number of H-pyrrole nitrogens is 1. The standard InChI is InChI=1S/C14H19N3O2S/c1-4-15-14(3,12(18)19)8-20-13-16-10-6-5-9(2)7-11(10)17-13/h5-7,15H,4,8H2,1-3H3,(H,16,17)(H,18,19). The van der Waals surface area contributed by atoms with E-state index in [1.54, 1.807) is 6.92 Å². The van der Waals surface area contributed by atoms with Gasteiger partial charge >= 0.3 is 5.97 Å². The Morgan fingerprint density at radius 3 is 2.95 bits per heavy atom. The van der Waals surface area contributed by atoms with E-state index in [1.807, 2.05) is 32.0 Å². The summed E-state index contributed by atoms with van der Waals surface area (Å²) in [6, 6.07) is 6.01. The quantitative estimate of drug-likeness (QED) is 0.713. The van der Waals surface area contributed by atoms with Crippen LogP contribution >= 0.6 is 11.8 Å². The van der Waals surface area contributed by atoms with Crippen molar-refractivity contribution in [2.24, 2.45) is 0 Å². The van der Waals surface area contributed by atoms with Crippen molar-refractivity contribution in [3.05, 3.63) is 23.8 Å². The molecule has 5 nitrogen and oxygen atoms in total. The smallest absolute Gasteiger partial charge is 0.324 e. The molecule has 2 rings (SSSR count). The number of imidazole rings is 1. The molecular weight excluding hydrogens is 274 g/mol. The second-order valence-corrected chi connectivity index (χ2v) is 5.98. The van der Waals surface area contributed by atoms with E-state index in [1.165, 1.54) is 17.3 Å². The van der Waals surface area contributed by atoms with Crippen molar-refractivity contribution in [2.45, 2.75) is 31.5 Å². The lowest BCUT2D eigenvalue weighted by Gasteiger charge is -2.24. The number of aromatic amines is 1. The molecular formula is C14H19N3O2S. The summed E-state index contributed by atoms with van der Waals surface area (Å²) in [6.45, 7) is 6.23. The molecule has 2 aromatic rings. The van der Waals surface area contributed by atoms with Gasteiger partial charge in [-0.2, -0.15) is 0 Å². The van der Waals surface area contributed by atoms with Crippen LogP contribution in [0.25, 0.3) is 11.0 Å². The highest BCUT2D eigenvalue weighted by Gasteiger charge is 2.32. The second-order valence-electron chi connectivity index (χ2n) is 5.02. The molecule has 0 fully saturated rings. The first-order valence-electron chi connectivity index (χ1n) is 6.52. The lowest BCUT2D eigenvalue weighted by molar-refractivity contribution is -0.143. The zero-order valence-electron chi connectivity index (χ0n) is 11.9. The van der Waals surface area contributed by atoms with Crippen LogP contribution in [0.4, 0.5) is 0 Å². The van der Waals surface area contributed by atoms with E-state index in [4.69, 9.17) is 0 Å². The molecule has 1 heterocycles. The molecule has 108 valence electrons. The van der Waals surface area contributed by atoms with Gasteiger partial charge in [-0.15, -0.1) is 0 Å². The van der Waals surface area contributed by atoms with E-state index in [-0.39, 0.29) is 0 Å². The number of nitrogens with zero attached hydrogens (tertiary/aromatic N) is 1. The highest BCUT2D eigenvalue weighted by molar-refractivity contribution is 7.99. The highest BCUT2D eigenvalue weighted by Crippen LogP contribution is 2.23. The summed E-state index contributed by atoms with van der Waals surface area (Å²) in [5, 5.41) is 13.1. The fraction of sp³-hybridized carbons (Fsp3) is 0.429. The Morgan fingerprint density at radius 1 is 1.55 bits per heavy atom. The number of hydrogen-bond acceptors (Lipinski definition) is 4. The Morgan fingerprint density at radius 2 is 2.30 bits per heavy atom. The minimum atomic E-state index is -0.950. The first kappa shape index (κ1) is 14.9. The van der Waals surface area contributed by atoms with Crippen molar-refractivity contribution in [1.29, 1.82) is 0 Å². The molecule has 1 aromatic heterocycles. The summed E-state index contributed by atoms with van der Waals surface area (Å²) in [7, 11) is 0. The van der Waals surface area contributed by atoms with Crippen molar-refractivity contribution in [1.82, 2.24) is 15.3 Å². The molecule has 0 aliphatic heterocycles. The third-order valence-corrected chi connectivity index (χ3v) is 4.34. The minimum absolute atomic E-state index is 0.412. The summed E-state index contributed by atoms with van der Waals surface area (Å²) >= 11 is 1.42. The van der Waals surface area contributed by atoms with Crippen LogP contribution in [0.3, 0.4) is 0 Å². The molecule has 0 spiro atoms. The number of thioether (sulfide) groups is 1. The van der Waals surface area contributed by atoms with Crippen LogP contribution in [0, 0.1) is 6.92 Å². The van der Waals surface area contributed by atoms with Gasteiger partial charge in [0.15, 0.2) is 5.16 Å². The zero-order chi connectivity index (χ0) is 14.8. The molecule has 0 aliphatic rings. The number of aromatic nitrogens is 2. The van der Waals surface area contributed by atoms with Crippen molar-refractivity contribution < 1.29 is 9.90 Å². The van der Waals surface area contributed by atoms with E-state index in [9.17, 15) is 9.90 Å². The topological polar surface area (TPSA) is 78.0 Å². The lowest BCUT2D eigenvalue weighted by Crippen LogP contribution is -2.51. The number of fused-ring (bicyclic) bond motifs is 1. The predicted octanol–water partition coefficient (Wildman–Crippen LogP) is 2.42. The molecule has 20 heavy (non-hydrogen) atoms. The third-order valence-electron chi connectivity index (χ3n) is 3.15. The summed E-state index contributed by atoms with van der Waals surface area (Å²) in [5.41, 5.74) is 2.10. The van der Waals surface area contributed by atoms with E-state index >= 15 is 0 Å². The zero-order valence-corrected chi connectivity index (χ0v) is 12.7. The summed E-state index contributed by atoms with van der Waals surface area (Å²) in [4.78, 5) is 19.0. The minimum Gasteiger partial charge on any atom is -0.480 e. The number of likely N-dealkylation sites (N-methyl/N-ethyl adjacent to an activating group) is 1. The molecule has 0 saturated carbocycles. The number of benzene rings is 1. The molecule has 0 amide bonds. The first-order chi connectivity index (χ1) is 9.44. The van der Waals surface area contributed by atoms with Crippen LogP contribution in [0.15, 0.2) is 23.4 Å². The van der Waals surface area contributed by atoms with Crippen LogP contribution in [-0.2, 0) is 4.79 Å². The summed E-state index contributed by atoms with van der Waals surface area (Å²) < 4.78 is 0. The van der Waals surface area contributed by atoms with Crippen LogP contribution in [0.1, 0.15) is 19.4 Å². The Balaban J connectivity index is 2.13. The number of nitrogens with one attached hydrogen (secondary N) is 2. The van der Waals surface area contributed by atoms with Gasteiger partial charge in [0.2, 0.25) is 0 Å². The lowest BCUT2D eigenvalue weighted by atomic mass is 10.1. The fourth-order valence-corrected chi connectivity index (χ4v) is 2.96. The van der Waals surface area contributed by atoms with Crippen molar-refractivity contribution in [3.63, 3.8) is 0 Å². The molecule has 1 atom stereocenters. The van der Waals surface area contributed by atoms with E-state index in [0.29, 0.717) is 12.3 Å². The SMILES string of the molecule is CCNC(C)(CSc1nc2ccc(C)cc2[nH]1)C(=O)O. The largest absolute Gasteiger partial charge is 0.480 e. The first-order valence-corrected chi connectivity index (χ1v) is 7.51. The van der Waals surface area contributed by atoms with Gasteiger partial charge in [0.1, 0.15) is 5.54 Å². The third kappa shape index (κ3) is 3.13. The second kappa shape index (κ2) is 5.85. The molecule has 0 bridgehead atoms. The van der Waals surface area contributed by atoms with E-state index in [2.05, 4.69) is 15.3 Å². The summed E-state index contributed by atoms with van der Waals surface area (Å²) in [5.74, 6) is -0.437. The van der Waals surface area contributed by atoms with E-state index < -0.39 is 11.5 Å². The monoisotopic (exact) mass is 293 g/mol. The fourth-order valence-electron chi connectivity index (χ4n) is 1.96. The van der Waals surface area contributed by atoms with Crippen LogP contribution in [-0.4, -0.2) is 38.9 Å². The molecule has 1 unspecified atom stereocenters. The van der Waals surface area contributed by atoms with Crippen LogP contribution in [0.5, 0.6) is 0 Å².